The number of carbonyl (C=O) groups is 1. The summed E-state index contributed by atoms with van der Waals surface area (Å²) in [6.45, 7) is 0. The summed E-state index contributed by atoms with van der Waals surface area (Å²) in [4.78, 5) is 14.1. The Morgan fingerprint density at radius 3 is 2.71 bits per heavy atom. The molecule has 0 saturated heterocycles. The predicted octanol–water partition coefficient (Wildman–Crippen LogP) is 3.33. The van der Waals surface area contributed by atoms with Gasteiger partial charge in [-0.25, -0.2) is 13.8 Å². The van der Waals surface area contributed by atoms with E-state index in [1.54, 1.807) is 0 Å². The lowest BCUT2D eigenvalue weighted by atomic mass is 10.2. The number of carbonyl (C=O) groups excluding carboxylic acids is 1. The molecule has 0 saturated carbocycles. The van der Waals surface area contributed by atoms with E-state index in [1.165, 1.54) is 6.07 Å². The van der Waals surface area contributed by atoms with Crippen molar-refractivity contribution >= 4 is 33.8 Å². The summed E-state index contributed by atoms with van der Waals surface area (Å²) in [6.07, 6.45) is -2.18. The summed E-state index contributed by atoms with van der Waals surface area (Å²) in [5, 5.41) is 0. The molecule has 0 radical (unpaired) electrons. The Balaban J connectivity index is 3.34. The smallest absolute Gasteiger partial charge is 0.266 e. The topological polar surface area (TPSA) is 30.0 Å². The van der Waals surface area contributed by atoms with Gasteiger partial charge in [0, 0.05) is 4.47 Å². The fourth-order valence-corrected chi connectivity index (χ4v) is 1.83. The molecule has 0 unspecified atom stereocenters. The number of aldehydes is 1. The molecule has 0 aliphatic rings. The van der Waals surface area contributed by atoms with Crippen molar-refractivity contribution in [1.82, 2.24) is 4.98 Å². The standard InChI is InChI=1S/C8H5BrClF2NO/c9-5-1-4(3-14)13-6(2-10)7(5)8(11)12/h1,3,8H,2H2. The highest BCUT2D eigenvalue weighted by atomic mass is 79.9. The molecule has 1 aromatic heterocycles. The zero-order valence-electron chi connectivity index (χ0n) is 6.81. The highest BCUT2D eigenvalue weighted by Gasteiger charge is 2.18. The quantitative estimate of drug-likeness (QED) is 0.629. The molecular weight excluding hydrogens is 279 g/mol. The number of rotatable bonds is 3. The van der Waals surface area contributed by atoms with E-state index < -0.39 is 6.43 Å². The lowest BCUT2D eigenvalue weighted by molar-refractivity contribution is 0.111. The number of hydrogen-bond donors (Lipinski definition) is 0. The van der Waals surface area contributed by atoms with Gasteiger partial charge >= 0.3 is 0 Å². The maximum atomic E-state index is 12.5. The summed E-state index contributed by atoms with van der Waals surface area (Å²) in [5.74, 6) is -0.153. The van der Waals surface area contributed by atoms with E-state index in [9.17, 15) is 13.6 Å². The molecule has 0 aliphatic carbocycles. The second-order valence-electron chi connectivity index (χ2n) is 2.44. The highest BCUT2D eigenvalue weighted by molar-refractivity contribution is 9.10. The number of halogens is 4. The third-order valence-corrected chi connectivity index (χ3v) is 2.48. The van der Waals surface area contributed by atoms with Gasteiger partial charge in [-0.05, 0) is 6.07 Å². The molecule has 76 valence electrons. The lowest BCUT2D eigenvalue weighted by Gasteiger charge is -2.08. The molecule has 6 heteroatoms. The van der Waals surface area contributed by atoms with Crippen LogP contribution in [-0.4, -0.2) is 11.3 Å². The third-order valence-electron chi connectivity index (χ3n) is 1.57. The van der Waals surface area contributed by atoms with Crippen LogP contribution in [0.15, 0.2) is 10.5 Å². The number of pyridine rings is 1. The Labute approximate surface area is 92.4 Å². The van der Waals surface area contributed by atoms with Gasteiger partial charge in [-0.1, -0.05) is 15.9 Å². The minimum Gasteiger partial charge on any atom is -0.296 e. The van der Waals surface area contributed by atoms with E-state index in [0.717, 1.165) is 0 Å². The number of alkyl halides is 3. The summed E-state index contributed by atoms with van der Waals surface area (Å²) in [7, 11) is 0. The second-order valence-corrected chi connectivity index (χ2v) is 3.56. The Morgan fingerprint density at radius 1 is 1.64 bits per heavy atom. The van der Waals surface area contributed by atoms with Crippen LogP contribution in [0.4, 0.5) is 8.78 Å². The molecule has 0 bridgehead atoms. The zero-order chi connectivity index (χ0) is 10.7. The zero-order valence-corrected chi connectivity index (χ0v) is 9.15. The van der Waals surface area contributed by atoms with E-state index in [0.29, 0.717) is 6.29 Å². The third kappa shape index (κ3) is 2.27. The van der Waals surface area contributed by atoms with Gasteiger partial charge in [-0.15, -0.1) is 11.6 Å². The monoisotopic (exact) mass is 283 g/mol. The van der Waals surface area contributed by atoms with Crippen LogP contribution >= 0.6 is 27.5 Å². The minimum absolute atomic E-state index is 0.0261. The maximum Gasteiger partial charge on any atom is 0.266 e. The predicted molar refractivity (Wildman–Crippen MR) is 51.8 cm³/mol. The molecule has 0 spiro atoms. The molecule has 1 aromatic rings. The molecule has 0 aliphatic heterocycles. The van der Waals surface area contributed by atoms with Gasteiger partial charge in [0.1, 0.15) is 5.69 Å². The van der Waals surface area contributed by atoms with Crippen LogP contribution in [0.25, 0.3) is 0 Å². The van der Waals surface area contributed by atoms with Gasteiger partial charge in [0.25, 0.3) is 6.43 Å². The summed E-state index contributed by atoms with van der Waals surface area (Å²) >= 11 is 8.39. The van der Waals surface area contributed by atoms with E-state index in [-0.39, 0.29) is 27.3 Å². The van der Waals surface area contributed by atoms with Crippen LogP contribution < -0.4 is 0 Å². The van der Waals surface area contributed by atoms with Crippen molar-refractivity contribution in [3.05, 3.63) is 27.5 Å². The molecular formula is C8H5BrClF2NO. The van der Waals surface area contributed by atoms with Crippen LogP contribution in [0.3, 0.4) is 0 Å². The van der Waals surface area contributed by atoms with E-state index in [2.05, 4.69) is 20.9 Å². The van der Waals surface area contributed by atoms with Crippen molar-refractivity contribution in [1.29, 1.82) is 0 Å². The SMILES string of the molecule is O=Cc1cc(Br)c(C(F)F)c(CCl)n1. The van der Waals surface area contributed by atoms with Gasteiger partial charge in [-0.3, -0.25) is 4.79 Å². The first-order valence-corrected chi connectivity index (χ1v) is 4.91. The molecule has 0 amide bonds. The maximum absolute atomic E-state index is 12.5. The van der Waals surface area contributed by atoms with E-state index >= 15 is 0 Å². The molecule has 1 rings (SSSR count). The van der Waals surface area contributed by atoms with E-state index in [1.807, 2.05) is 0 Å². The van der Waals surface area contributed by atoms with Crippen LogP contribution in [0.1, 0.15) is 28.2 Å². The Kier molecular flexibility index (Phi) is 3.95. The van der Waals surface area contributed by atoms with Crippen molar-refractivity contribution in [2.24, 2.45) is 0 Å². The second kappa shape index (κ2) is 4.79. The molecule has 14 heavy (non-hydrogen) atoms. The summed E-state index contributed by atoms with van der Waals surface area (Å²) in [5.41, 5.74) is -0.152. The number of nitrogens with zero attached hydrogens (tertiary/aromatic N) is 1. The van der Waals surface area contributed by atoms with Crippen LogP contribution in [0.5, 0.6) is 0 Å². The van der Waals surface area contributed by atoms with Crippen molar-refractivity contribution in [2.75, 3.05) is 0 Å². The first-order chi connectivity index (χ1) is 6.60. The van der Waals surface area contributed by atoms with Crippen molar-refractivity contribution in [2.45, 2.75) is 12.3 Å². The molecule has 2 nitrogen and oxygen atoms in total. The van der Waals surface area contributed by atoms with Crippen LogP contribution in [-0.2, 0) is 5.88 Å². The lowest BCUT2D eigenvalue weighted by Crippen LogP contribution is -2.01. The number of hydrogen-bond acceptors (Lipinski definition) is 2. The van der Waals surface area contributed by atoms with Gasteiger partial charge in [0.15, 0.2) is 6.29 Å². The summed E-state index contributed by atoms with van der Waals surface area (Å²) in [6, 6.07) is 1.24. The van der Waals surface area contributed by atoms with Crippen molar-refractivity contribution in [3.63, 3.8) is 0 Å². The molecule has 0 atom stereocenters. The van der Waals surface area contributed by atoms with E-state index in [4.69, 9.17) is 11.6 Å². The van der Waals surface area contributed by atoms with Gasteiger partial charge < -0.3 is 0 Å². The van der Waals surface area contributed by atoms with Crippen LogP contribution in [0, 0.1) is 0 Å². The first-order valence-electron chi connectivity index (χ1n) is 3.58. The van der Waals surface area contributed by atoms with Gasteiger partial charge in [-0.2, -0.15) is 0 Å². The largest absolute Gasteiger partial charge is 0.296 e. The van der Waals surface area contributed by atoms with Crippen LogP contribution in [0.2, 0.25) is 0 Å². The number of aromatic nitrogens is 1. The normalized spacial score (nSPS) is 10.6. The first kappa shape index (κ1) is 11.5. The van der Waals surface area contributed by atoms with Crippen molar-refractivity contribution in [3.8, 4) is 0 Å². The summed E-state index contributed by atoms with van der Waals surface area (Å²) < 4.78 is 25.1. The average molecular weight is 284 g/mol. The minimum atomic E-state index is -2.66. The average Bonchev–Trinajstić information content (AvgIpc) is 2.15. The molecule has 1 heterocycles. The van der Waals surface area contributed by atoms with Gasteiger partial charge in [0.05, 0.1) is 17.1 Å². The molecule has 0 aromatic carbocycles. The molecule has 0 fully saturated rings. The fourth-order valence-electron chi connectivity index (χ4n) is 0.986. The fraction of sp³-hybridized carbons (Fsp3) is 0.250. The highest BCUT2D eigenvalue weighted by Crippen LogP contribution is 2.30. The Bertz CT molecular complexity index is 359. The Hall–Kier alpha value is -0.550. The Morgan fingerprint density at radius 2 is 2.29 bits per heavy atom. The molecule has 0 N–H and O–H groups in total. The van der Waals surface area contributed by atoms with Crippen molar-refractivity contribution < 1.29 is 13.6 Å². The van der Waals surface area contributed by atoms with Gasteiger partial charge in [0.2, 0.25) is 0 Å².